The number of hydrogen-bond acceptors (Lipinski definition) is 5. The Labute approximate surface area is 134 Å². The first-order chi connectivity index (χ1) is 10.4. The van der Waals surface area contributed by atoms with E-state index in [1.807, 2.05) is 26.8 Å². The van der Waals surface area contributed by atoms with E-state index >= 15 is 0 Å². The van der Waals surface area contributed by atoms with Gasteiger partial charge in [-0.2, -0.15) is 0 Å². The molecule has 0 spiro atoms. The Kier molecular flexibility index (Phi) is 5.28. The predicted molar refractivity (Wildman–Crippen MR) is 85.7 cm³/mol. The van der Waals surface area contributed by atoms with Crippen LogP contribution in [-0.2, 0) is 16.1 Å². The number of ether oxygens (including phenoxy) is 1. The zero-order valence-electron chi connectivity index (χ0n) is 13.0. The molecule has 0 saturated carbocycles. The Morgan fingerprint density at radius 3 is 3.05 bits per heavy atom. The first-order valence-electron chi connectivity index (χ1n) is 7.23. The molecule has 0 radical (unpaired) electrons. The number of nitrogens with one attached hydrogen (secondary N) is 2. The lowest BCUT2D eigenvalue weighted by molar-refractivity contribution is -0.129. The van der Waals surface area contributed by atoms with Gasteiger partial charge in [0.05, 0.1) is 11.4 Å². The quantitative estimate of drug-likeness (QED) is 0.848. The first-order valence-corrected chi connectivity index (χ1v) is 8.22. The van der Waals surface area contributed by atoms with Crippen LogP contribution in [0.1, 0.15) is 26.3 Å². The molecule has 0 bridgehead atoms. The second-order valence-corrected chi connectivity index (χ2v) is 7.11. The maximum absolute atomic E-state index is 12.2. The van der Waals surface area contributed by atoms with Gasteiger partial charge in [-0.25, -0.2) is 4.98 Å². The smallest absolute Gasteiger partial charge is 0.243 e. The number of thioether (sulfide) groups is 1. The highest BCUT2D eigenvalue weighted by atomic mass is 32.2. The fourth-order valence-corrected chi connectivity index (χ4v) is 3.01. The molecule has 6 nitrogen and oxygen atoms in total. The number of aromatic nitrogens is 1. The normalized spacial score (nSPS) is 20.1. The van der Waals surface area contributed by atoms with Gasteiger partial charge in [0.2, 0.25) is 17.7 Å². The van der Waals surface area contributed by atoms with E-state index in [1.165, 1.54) is 11.8 Å². The summed E-state index contributed by atoms with van der Waals surface area (Å²) in [5, 5.41) is 5.59. The molecule has 1 aromatic rings. The number of pyridine rings is 1. The topological polar surface area (TPSA) is 80.3 Å². The maximum Gasteiger partial charge on any atom is 0.243 e. The Morgan fingerprint density at radius 1 is 1.59 bits per heavy atom. The van der Waals surface area contributed by atoms with Gasteiger partial charge in [-0.1, -0.05) is 6.07 Å². The molecule has 1 fully saturated rings. The summed E-state index contributed by atoms with van der Waals surface area (Å²) in [5.74, 6) is 0.784. The minimum atomic E-state index is -0.502. The van der Waals surface area contributed by atoms with E-state index in [2.05, 4.69) is 15.6 Å². The second-order valence-electron chi connectivity index (χ2n) is 5.47. The minimum Gasteiger partial charge on any atom is -0.478 e. The van der Waals surface area contributed by atoms with Crippen molar-refractivity contribution in [1.82, 2.24) is 15.6 Å². The second kappa shape index (κ2) is 7.00. The van der Waals surface area contributed by atoms with Crippen molar-refractivity contribution in [2.24, 2.45) is 0 Å². The molecule has 120 valence electrons. The van der Waals surface area contributed by atoms with Crippen LogP contribution in [0.15, 0.2) is 18.3 Å². The predicted octanol–water partition coefficient (Wildman–Crippen LogP) is 1.11. The molecule has 1 aliphatic heterocycles. The van der Waals surface area contributed by atoms with Gasteiger partial charge < -0.3 is 15.4 Å². The number of rotatable bonds is 5. The van der Waals surface area contributed by atoms with Crippen LogP contribution in [0.25, 0.3) is 0 Å². The third kappa shape index (κ3) is 3.91. The Hall–Kier alpha value is -1.76. The summed E-state index contributed by atoms with van der Waals surface area (Å²) < 4.78 is 4.94. The zero-order chi connectivity index (χ0) is 16.2. The molecule has 2 heterocycles. The standard InChI is InChI=1S/C15H21N3O3S/c1-4-21-13-10(6-5-7-16-13)8-17-12(19)11-9-22-15(2,3)14(20)18-11/h5-7,11H,4,8-9H2,1-3H3,(H,17,19)(H,18,20)/t11-/m1/s1. The highest BCUT2D eigenvalue weighted by Gasteiger charge is 2.37. The molecule has 0 aromatic carbocycles. The zero-order valence-corrected chi connectivity index (χ0v) is 13.8. The SMILES string of the molecule is CCOc1ncccc1CNC(=O)[C@H]1CSC(C)(C)C(=O)N1. The summed E-state index contributed by atoms with van der Waals surface area (Å²) in [6, 6.07) is 3.15. The van der Waals surface area contributed by atoms with Crippen LogP contribution in [0.3, 0.4) is 0 Å². The number of amides is 2. The summed E-state index contributed by atoms with van der Waals surface area (Å²) in [6.07, 6.45) is 1.65. The lowest BCUT2D eigenvalue weighted by Crippen LogP contribution is -2.57. The maximum atomic E-state index is 12.2. The molecule has 2 N–H and O–H groups in total. The van der Waals surface area contributed by atoms with E-state index in [4.69, 9.17) is 4.74 Å². The summed E-state index contributed by atoms with van der Waals surface area (Å²) in [7, 11) is 0. The molecular formula is C15H21N3O3S. The first kappa shape index (κ1) is 16.6. The monoisotopic (exact) mass is 323 g/mol. The van der Waals surface area contributed by atoms with Gasteiger partial charge in [0.1, 0.15) is 6.04 Å². The molecule has 0 aliphatic carbocycles. The van der Waals surface area contributed by atoms with Crippen molar-refractivity contribution in [3.63, 3.8) is 0 Å². The van der Waals surface area contributed by atoms with Crippen LogP contribution in [-0.4, -0.2) is 39.9 Å². The molecular weight excluding hydrogens is 302 g/mol. The van der Waals surface area contributed by atoms with Crippen molar-refractivity contribution in [1.29, 1.82) is 0 Å². The van der Waals surface area contributed by atoms with Crippen LogP contribution < -0.4 is 15.4 Å². The molecule has 2 amide bonds. The van der Waals surface area contributed by atoms with E-state index in [1.54, 1.807) is 12.3 Å². The summed E-state index contributed by atoms with van der Waals surface area (Å²) >= 11 is 1.49. The lowest BCUT2D eigenvalue weighted by atomic mass is 10.1. The average molecular weight is 323 g/mol. The number of hydrogen-bond donors (Lipinski definition) is 2. The van der Waals surface area contributed by atoms with Crippen LogP contribution >= 0.6 is 11.8 Å². The Balaban J connectivity index is 1.92. The van der Waals surface area contributed by atoms with Crippen molar-refractivity contribution < 1.29 is 14.3 Å². The Bertz CT molecular complexity index is 563. The molecule has 0 unspecified atom stereocenters. The van der Waals surface area contributed by atoms with Crippen molar-refractivity contribution >= 4 is 23.6 Å². The molecule has 1 aromatic heterocycles. The largest absolute Gasteiger partial charge is 0.478 e. The van der Waals surface area contributed by atoms with Crippen molar-refractivity contribution in [3.8, 4) is 5.88 Å². The van der Waals surface area contributed by atoms with Gasteiger partial charge in [0.15, 0.2) is 0 Å². The highest BCUT2D eigenvalue weighted by Crippen LogP contribution is 2.29. The third-order valence-electron chi connectivity index (χ3n) is 3.36. The van der Waals surface area contributed by atoms with E-state index < -0.39 is 10.8 Å². The van der Waals surface area contributed by atoms with Crippen molar-refractivity contribution in [3.05, 3.63) is 23.9 Å². The summed E-state index contributed by atoms with van der Waals surface area (Å²) in [6.45, 7) is 6.43. The Morgan fingerprint density at radius 2 is 2.36 bits per heavy atom. The van der Waals surface area contributed by atoms with Crippen LogP contribution in [0.2, 0.25) is 0 Å². The highest BCUT2D eigenvalue weighted by molar-refractivity contribution is 8.01. The van der Waals surface area contributed by atoms with E-state index in [0.29, 0.717) is 24.8 Å². The minimum absolute atomic E-state index is 0.111. The molecule has 1 aliphatic rings. The van der Waals surface area contributed by atoms with Crippen molar-refractivity contribution in [2.75, 3.05) is 12.4 Å². The molecule has 1 saturated heterocycles. The van der Waals surface area contributed by atoms with Gasteiger partial charge in [-0.15, -0.1) is 11.8 Å². The molecule has 1 atom stereocenters. The number of carbonyl (C=O) groups is 2. The molecule has 7 heteroatoms. The number of nitrogens with zero attached hydrogens (tertiary/aromatic N) is 1. The van der Waals surface area contributed by atoms with Gasteiger partial charge in [-0.05, 0) is 26.8 Å². The van der Waals surface area contributed by atoms with Crippen LogP contribution in [0.5, 0.6) is 5.88 Å². The van der Waals surface area contributed by atoms with Gasteiger partial charge in [-0.3, -0.25) is 9.59 Å². The fraction of sp³-hybridized carbons (Fsp3) is 0.533. The van der Waals surface area contributed by atoms with Gasteiger partial charge >= 0.3 is 0 Å². The third-order valence-corrected chi connectivity index (χ3v) is 4.77. The van der Waals surface area contributed by atoms with E-state index in [9.17, 15) is 9.59 Å². The molecule has 2 rings (SSSR count). The van der Waals surface area contributed by atoms with E-state index in [-0.39, 0.29) is 11.8 Å². The van der Waals surface area contributed by atoms with Crippen molar-refractivity contribution in [2.45, 2.75) is 38.1 Å². The molecule has 22 heavy (non-hydrogen) atoms. The lowest BCUT2D eigenvalue weighted by Gasteiger charge is -2.32. The van der Waals surface area contributed by atoms with Gasteiger partial charge in [0, 0.05) is 24.1 Å². The fourth-order valence-electron chi connectivity index (χ4n) is 2.00. The van der Waals surface area contributed by atoms with Crippen LogP contribution in [0.4, 0.5) is 0 Å². The van der Waals surface area contributed by atoms with Gasteiger partial charge in [0.25, 0.3) is 0 Å². The van der Waals surface area contributed by atoms with Crippen LogP contribution in [0, 0.1) is 0 Å². The summed E-state index contributed by atoms with van der Waals surface area (Å²) in [5.41, 5.74) is 0.813. The number of carbonyl (C=O) groups excluding carboxylic acids is 2. The summed E-state index contributed by atoms with van der Waals surface area (Å²) in [4.78, 5) is 28.2. The average Bonchev–Trinajstić information content (AvgIpc) is 2.49. The van der Waals surface area contributed by atoms with E-state index in [0.717, 1.165) is 5.56 Å².